The van der Waals surface area contributed by atoms with Gasteiger partial charge in [-0.05, 0) is 58.2 Å². The lowest BCUT2D eigenvalue weighted by atomic mass is 10.0. The first-order valence-electron chi connectivity index (χ1n) is 4.87. The number of nitrogens with zero attached hydrogens (tertiary/aromatic N) is 2. The van der Waals surface area contributed by atoms with Crippen LogP contribution >= 0.6 is 0 Å². The van der Waals surface area contributed by atoms with Gasteiger partial charge in [0, 0.05) is 0 Å². The molecule has 0 aliphatic carbocycles. The van der Waals surface area contributed by atoms with E-state index in [1.54, 1.807) is 12.1 Å². The van der Waals surface area contributed by atoms with Crippen molar-refractivity contribution in [3.05, 3.63) is 45.2 Å². The number of hydrogen-bond acceptors (Lipinski definition) is 4. The summed E-state index contributed by atoms with van der Waals surface area (Å²) in [7, 11) is 0. The summed E-state index contributed by atoms with van der Waals surface area (Å²) in [5.41, 5.74) is 2.45. The van der Waals surface area contributed by atoms with Crippen molar-refractivity contribution in [3.8, 4) is 0 Å². The number of rotatable bonds is 2. The summed E-state index contributed by atoms with van der Waals surface area (Å²) in [4.78, 5) is 21.1. The van der Waals surface area contributed by atoms with Gasteiger partial charge >= 0.3 is 0 Å². The molecule has 0 spiro atoms. The van der Waals surface area contributed by atoms with Crippen molar-refractivity contribution in [2.24, 2.45) is 10.4 Å². The topological polar surface area (TPSA) is 58.9 Å². The molecule has 0 aliphatic rings. The Balaban J connectivity index is 2.83. The van der Waals surface area contributed by atoms with E-state index in [2.05, 4.69) is 10.4 Å². The first kappa shape index (κ1) is 10.4. The van der Waals surface area contributed by atoms with Crippen LogP contribution in [0.25, 0.3) is 10.8 Å². The molecule has 80 valence electrons. The number of benzene rings is 2. The summed E-state index contributed by atoms with van der Waals surface area (Å²) in [5, 5.41) is 7.39. The van der Waals surface area contributed by atoms with E-state index < -0.39 is 0 Å². The van der Waals surface area contributed by atoms with Crippen molar-refractivity contribution < 1.29 is 0 Å². The molecule has 4 heteroatoms. The van der Waals surface area contributed by atoms with Crippen LogP contribution in [0.2, 0.25) is 0 Å². The largest absolute Gasteiger partial charge is 0.145 e. The fourth-order valence-electron chi connectivity index (χ4n) is 1.70. The molecule has 0 saturated carbocycles. The quantitative estimate of drug-likeness (QED) is 0.701. The lowest BCUT2D eigenvalue weighted by Gasteiger charge is -2.05. The van der Waals surface area contributed by atoms with Gasteiger partial charge in [0.1, 0.15) is 11.4 Å². The lowest BCUT2D eigenvalue weighted by molar-refractivity contribution is 1.36. The molecule has 0 aliphatic heterocycles. The average molecular weight is 214 g/mol. The van der Waals surface area contributed by atoms with Gasteiger partial charge < -0.3 is 0 Å². The Labute approximate surface area is 92.2 Å². The molecule has 0 N–H and O–H groups in total. The molecule has 2 aromatic carbocycles. The van der Waals surface area contributed by atoms with E-state index in [1.165, 1.54) is 0 Å². The third kappa shape index (κ3) is 1.58. The standard InChI is InChI=1S/C12H10N2O2/c1-7-3-9-5-11(13-15)12(14-16)6-10(9)4-8(7)2/h3-6H,1-2H3. The van der Waals surface area contributed by atoms with Crippen LogP contribution < -0.4 is 0 Å². The molecule has 0 heterocycles. The summed E-state index contributed by atoms with van der Waals surface area (Å²) in [6.45, 7) is 3.99. The highest BCUT2D eigenvalue weighted by atomic mass is 16.3. The van der Waals surface area contributed by atoms with Crippen molar-refractivity contribution in [3.63, 3.8) is 0 Å². The monoisotopic (exact) mass is 214 g/mol. The smallest absolute Gasteiger partial charge is 0.137 e. The highest BCUT2D eigenvalue weighted by molar-refractivity contribution is 5.91. The number of fused-ring (bicyclic) bond motifs is 1. The fourth-order valence-corrected chi connectivity index (χ4v) is 1.70. The minimum Gasteiger partial charge on any atom is -0.145 e. The molecule has 2 rings (SSSR count). The van der Waals surface area contributed by atoms with Gasteiger partial charge in [-0.1, -0.05) is 12.1 Å². The van der Waals surface area contributed by atoms with Crippen LogP contribution in [0, 0.1) is 23.7 Å². The normalized spacial score (nSPS) is 10.4. The van der Waals surface area contributed by atoms with Crippen molar-refractivity contribution in [1.82, 2.24) is 0 Å². The Bertz CT molecular complexity index is 539. The summed E-state index contributed by atoms with van der Waals surface area (Å²) < 4.78 is 0. The van der Waals surface area contributed by atoms with Gasteiger partial charge in [0.15, 0.2) is 0 Å². The van der Waals surface area contributed by atoms with Gasteiger partial charge in [0.2, 0.25) is 0 Å². The maximum atomic E-state index is 10.5. The van der Waals surface area contributed by atoms with Crippen LogP contribution in [0.1, 0.15) is 11.1 Å². The summed E-state index contributed by atoms with van der Waals surface area (Å²) in [6.07, 6.45) is 0. The van der Waals surface area contributed by atoms with Crippen LogP contribution in [0.15, 0.2) is 34.6 Å². The van der Waals surface area contributed by atoms with E-state index in [1.807, 2.05) is 26.0 Å². The van der Waals surface area contributed by atoms with Gasteiger partial charge in [0.25, 0.3) is 0 Å². The van der Waals surface area contributed by atoms with Crippen molar-refractivity contribution in [2.45, 2.75) is 13.8 Å². The molecule has 0 aromatic heterocycles. The highest BCUT2D eigenvalue weighted by Crippen LogP contribution is 2.33. The molecule has 0 amide bonds. The van der Waals surface area contributed by atoms with Gasteiger partial charge in [-0.2, -0.15) is 0 Å². The van der Waals surface area contributed by atoms with Crippen LogP contribution in [0.3, 0.4) is 0 Å². The number of nitroso groups, excluding NO2 is 2. The van der Waals surface area contributed by atoms with Crippen LogP contribution in [0.4, 0.5) is 11.4 Å². The molecule has 0 saturated heterocycles. The van der Waals surface area contributed by atoms with E-state index in [9.17, 15) is 9.81 Å². The average Bonchev–Trinajstić information content (AvgIpc) is 2.29. The molecule has 0 fully saturated rings. The molecular weight excluding hydrogens is 204 g/mol. The maximum Gasteiger partial charge on any atom is 0.137 e. The predicted molar refractivity (Wildman–Crippen MR) is 64.3 cm³/mol. The fraction of sp³-hybridized carbons (Fsp3) is 0.167. The molecule has 0 radical (unpaired) electrons. The Morgan fingerprint density at radius 3 is 1.44 bits per heavy atom. The molecular formula is C12H10N2O2. The Morgan fingerprint density at radius 1 is 0.750 bits per heavy atom. The van der Waals surface area contributed by atoms with E-state index in [-0.39, 0.29) is 11.4 Å². The van der Waals surface area contributed by atoms with Gasteiger partial charge in [0.05, 0.1) is 0 Å². The van der Waals surface area contributed by atoms with E-state index in [0.29, 0.717) is 0 Å². The van der Waals surface area contributed by atoms with Crippen LogP contribution in [-0.4, -0.2) is 0 Å². The Morgan fingerprint density at radius 2 is 1.12 bits per heavy atom. The van der Waals surface area contributed by atoms with Crippen LogP contribution in [0.5, 0.6) is 0 Å². The van der Waals surface area contributed by atoms with Gasteiger partial charge in [-0.15, -0.1) is 9.81 Å². The summed E-state index contributed by atoms with van der Waals surface area (Å²) >= 11 is 0. The molecule has 0 unspecified atom stereocenters. The zero-order valence-electron chi connectivity index (χ0n) is 9.02. The van der Waals surface area contributed by atoms with E-state index in [4.69, 9.17) is 0 Å². The van der Waals surface area contributed by atoms with Gasteiger partial charge in [-0.3, -0.25) is 0 Å². The molecule has 0 atom stereocenters. The highest BCUT2D eigenvalue weighted by Gasteiger charge is 2.07. The molecule has 4 nitrogen and oxygen atoms in total. The Hall–Kier alpha value is -2.10. The maximum absolute atomic E-state index is 10.5. The van der Waals surface area contributed by atoms with E-state index in [0.717, 1.165) is 21.9 Å². The predicted octanol–water partition coefficient (Wildman–Crippen LogP) is 4.25. The second-order valence-corrected chi connectivity index (χ2v) is 3.81. The summed E-state index contributed by atoms with van der Waals surface area (Å²) in [5.74, 6) is 0. The first-order valence-corrected chi connectivity index (χ1v) is 4.87. The Kier molecular flexibility index (Phi) is 2.48. The minimum absolute atomic E-state index is 0.0887. The molecule has 2 aromatic rings. The molecule has 0 bridgehead atoms. The lowest BCUT2D eigenvalue weighted by Crippen LogP contribution is -1.82. The number of hydrogen-bond donors (Lipinski definition) is 0. The molecule has 16 heavy (non-hydrogen) atoms. The minimum atomic E-state index is 0.0887. The van der Waals surface area contributed by atoms with Crippen molar-refractivity contribution in [2.75, 3.05) is 0 Å². The zero-order chi connectivity index (χ0) is 11.7. The van der Waals surface area contributed by atoms with Crippen molar-refractivity contribution >= 4 is 22.1 Å². The van der Waals surface area contributed by atoms with Gasteiger partial charge in [-0.25, -0.2) is 0 Å². The third-order valence-corrected chi connectivity index (χ3v) is 2.74. The zero-order valence-corrected chi connectivity index (χ0v) is 9.02. The van der Waals surface area contributed by atoms with Crippen molar-refractivity contribution in [1.29, 1.82) is 0 Å². The number of aryl methyl sites for hydroxylation is 2. The summed E-state index contributed by atoms with van der Waals surface area (Å²) in [6, 6.07) is 7.11. The third-order valence-electron chi connectivity index (χ3n) is 2.74. The SMILES string of the molecule is Cc1cc2cc(N=O)c(N=O)cc2cc1C. The second-order valence-electron chi connectivity index (χ2n) is 3.81. The second kappa shape index (κ2) is 3.81. The van der Waals surface area contributed by atoms with E-state index >= 15 is 0 Å². The first-order chi connectivity index (χ1) is 7.65. The van der Waals surface area contributed by atoms with Crippen LogP contribution in [-0.2, 0) is 0 Å².